The molecule has 1 atom stereocenters. The third-order valence-electron chi connectivity index (χ3n) is 2.98. The molecule has 0 unspecified atom stereocenters. The lowest BCUT2D eigenvalue weighted by Crippen LogP contribution is -2.21. The average Bonchev–Trinajstić information content (AvgIpc) is 2.73. The monoisotopic (exact) mass is 275 g/mol. The molecule has 0 radical (unpaired) electrons. The van der Waals surface area contributed by atoms with Crippen LogP contribution in [-0.4, -0.2) is 42.0 Å². The first-order valence-corrected chi connectivity index (χ1v) is 6.11. The number of aliphatic hydroxyl groups is 1. The molecule has 1 heterocycles. The van der Waals surface area contributed by atoms with Gasteiger partial charge >= 0.3 is 6.18 Å². The second kappa shape index (κ2) is 5.79. The van der Waals surface area contributed by atoms with E-state index in [-0.39, 0.29) is 11.9 Å². The molecule has 19 heavy (non-hydrogen) atoms. The zero-order chi connectivity index (χ0) is 13.9. The van der Waals surface area contributed by atoms with Crippen LogP contribution in [0.3, 0.4) is 0 Å². The van der Waals surface area contributed by atoms with Crippen molar-refractivity contribution in [3.63, 3.8) is 0 Å². The third kappa shape index (κ3) is 4.72. The predicted molar refractivity (Wildman–Crippen MR) is 63.9 cm³/mol. The van der Waals surface area contributed by atoms with Crippen molar-refractivity contribution in [3.8, 4) is 5.75 Å². The van der Waals surface area contributed by atoms with Gasteiger partial charge in [-0.2, -0.15) is 13.2 Å². The summed E-state index contributed by atoms with van der Waals surface area (Å²) in [5.41, 5.74) is 0.994. The van der Waals surface area contributed by atoms with Gasteiger partial charge in [-0.3, -0.25) is 4.90 Å². The topological polar surface area (TPSA) is 32.7 Å². The third-order valence-corrected chi connectivity index (χ3v) is 2.98. The summed E-state index contributed by atoms with van der Waals surface area (Å²) >= 11 is 0. The van der Waals surface area contributed by atoms with E-state index in [1.165, 1.54) is 12.1 Å². The van der Waals surface area contributed by atoms with Crippen molar-refractivity contribution in [2.24, 2.45) is 0 Å². The molecule has 0 aromatic heterocycles. The first kappa shape index (κ1) is 14.1. The van der Waals surface area contributed by atoms with Gasteiger partial charge in [-0.25, -0.2) is 0 Å². The van der Waals surface area contributed by atoms with E-state index >= 15 is 0 Å². The Bertz CT molecular complexity index is 405. The maximum atomic E-state index is 12.0. The lowest BCUT2D eigenvalue weighted by atomic mass is 10.2. The summed E-state index contributed by atoms with van der Waals surface area (Å²) in [6.07, 6.45) is -3.81. The number of aliphatic hydroxyl groups excluding tert-OH is 1. The summed E-state index contributed by atoms with van der Waals surface area (Å²) in [5, 5.41) is 9.40. The van der Waals surface area contributed by atoms with E-state index in [1.54, 1.807) is 12.1 Å². The highest BCUT2D eigenvalue weighted by molar-refractivity contribution is 5.27. The number of ether oxygens (including phenoxy) is 1. The SMILES string of the molecule is O[C@@H]1CCN(Cc2ccc(OCC(F)(F)F)cc2)C1. The highest BCUT2D eigenvalue weighted by Gasteiger charge is 2.28. The fraction of sp³-hybridized carbons (Fsp3) is 0.538. The number of hydrogen-bond donors (Lipinski definition) is 1. The van der Waals surface area contributed by atoms with Crippen LogP contribution in [0.2, 0.25) is 0 Å². The van der Waals surface area contributed by atoms with Gasteiger partial charge in [-0.15, -0.1) is 0 Å². The summed E-state index contributed by atoms with van der Waals surface area (Å²) < 4.78 is 40.6. The Labute approximate surface area is 109 Å². The molecule has 0 bridgehead atoms. The number of likely N-dealkylation sites (tertiary alicyclic amines) is 1. The van der Waals surface area contributed by atoms with Crippen molar-refractivity contribution < 1.29 is 23.0 Å². The molecule has 1 saturated heterocycles. The van der Waals surface area contributed by atoms with Gasteiger partial charge in [-0.05, 0) is 24.1 Å². The van der Waals surface area contributed by atoms with Crippen LogP contribution in [0.25, 0.3) is 0 Å². The molecule has 106 valence electrons. The van der Waals surface area contributed by atoms with Crippen molar-refractivity contribution in [2.75, 3.05) is 19.7 Å². The smallest absolute Gasteiger partial charge is 0.422 e. The summed E-state index contributed by atoms with van der Waals surface area (Å²) in [6.45, 7) is 0.904. The van der Waals surface area contributed by atoms with Gasteiger partial charge in [0.1, 0.15) is 5.75 Å². The maximum Gasteiger partial charge on any atom is 0.422 e. The van der Waals surface area contributed by atoms with Gasteiger partial charge in [0.05, 0.1) is 6.10 Å². The highest BCUT2D eigenvalue weighted by Crippen LogP contribution is 2.20. The normalized spacial score (nSPS) is 20.7. The molecule has 1 N–H and O–H groups in total. The van der Waals surface area contributed by atoms with E-state index in [9.17, 15) is 18.3 Å². The van der Waals surface area contributed by atoms with Gasteiger partial charge in [0.15, 0.2) is 6.61 Å². The van der Waals surface area contributed by atoms with Gasteiger partial charge in [0.25, 0.3) is 0 Å². The number of nitrogens with zero attached hydrogens (tertiary/aromatic N) is 1. The molecular formula is C13H16F3NO2. The van der Waals surface area contributed by atoms with Crippen molar-refractivity contribution in [1.29, 1.82) is 0 Å². The van der Waals surface area contributed by atoms with Crippen LogP contribution < -0.4 is 4.74 Å². The Balaban J connectivity index is 1.84. The van der Waals surface area contributed by atoms with Gasteiger partial charge in [-0.1, -0.05) is 12.1 Å². The summed E-state index contributed by atoms with van der Waals surface area (Å²) in [4.78, 5) is 2.11. The number of benzene rings is 1. The minimum absolute atomic E-state index is 0.211. The van der Waals surface area contributed by atoms with Crippen molar-refractivity contribution in [3.05, 3.63) is 29.8 Å². The van der Waals surface area contributed by atoms with Crippen LogP contribution in [0.1, 0.15) is 12.0 Å². The predicted octanol–water partition coefficient (Wildman–Crippen LogP) is 2.19. The van der Waals surface area contributed by atoms with Gasteiger partial charge in [0, 0.05) is 19.6 Å². The van der Waals surface area contributed by atoms with Crippen LogP contribution in [0.4, 0.5) is 13.2 Å². The molecule has 2 rings (SSSR count). The van der Waals surface area contributed by atoms with E-state index in [1.807, 2.05) is 0 Å². The molecule has 0 spiro atoms. The summed E-state index contributed by atoms with van der Waals surface area (Å²) in [6, 6.07) is 6.56. The van der Waals surface area contributed by atoms with Crippen LogP contribution >= 0.6 is 0 Å². The minimum atomic E-state index is -4.32. The molecule has 1 aliphatic heterocycles. The fourth-order valence-electron chi connectivity index (χ4n) is 2.07. The average molecular weight is 275 g/mol. The van der Waals surface area contributed by atoms with Crippen molar-refractivity contribution in [1.82, 2.24) is 4.90 Å². The molecule has 0 aliphatic carbocycles. The Morgan fingerprint density at radius 3 is 2.47 bits per heavy atom. The molecular weight excluding hydrogens is 259 g/mol. The van der Waals surface area contributed by atoms with E-state index in [4.69, 9.17) is 0 Å². The molecule has 1 aromatic rings. The minimum Gasteiger partial charge on any atom is -0.484 e. The van der Waals surface area contributed by atoms with E-state index in [2.05, 4.69) is 9.64 Å². The molecule has 1 aliphatic rings. The second-order valence-electron chi connectivity index (χ2n) is 4.73. The van der Waals surface area contributed by atoms with E-state index in [0.717, 1.165) is 18.5 Å². The van der Waals surface area contributed by atoms with Crippen molar-refractivity contribution in [2.45, 2.75) is 25.2 Å². The summed E-state index contributed by atoms with van der Waals surface area (Å²) in [7, 11) is 0. The lowest BCUT2D eigenvalue weighted by Gasteiger charge is -2.15. The number of β-amino-alcohol motifs (C(OH)–C–C–N with tert-alkyl or cyclic N) is 1. The molecule has 6 heteroatoms. The highest BCUT2D eigenvalue weighted by atomic mass is 19.4. The zero-order valence-electron chi connectivity index (χ0n) is 10.4. The maximum absolute atomic E-state index is 12.0. The van der Waals surface area contributed by atoms with Gasteiger partial charge < -0.3 is 9.84 Å². The first-order chi connectivity index (χ1) is 8.92. The number of alkyl halides is 3. The molecule has 1 aromatic carbocycles. The zero-order valence-corrected chi connectivity index (χ0v) is 10.4. The Morgan fingerprint density at radius 2 is 1.95 bits per heavy atom. The Hall–Kier alpha value is -1.27. The van der Waals surface area contributed by atoms with E-state index < -0.39 is 12.8 Å². The first-order valence-electron chi connectivity index (χ1n) is 6.11. The Morgan fingerprint density at radius 1 is 1.26 bits per heavy atom. The van der Waals surface area contributed by atoms with Crippen molar-refractivity contribution >= 4 is 0 Å². The quantitative estimate of drug-likeness (QED) is 0.914. The van der Waals surface area contributed by atoms with Crippen LogP contribution in [0.15, 0.2) is 24.3 Å². The molecule has 0 saturated carbocycles. The molecule has 0 amide bonds. The van der Waals surface area contributed by atoms with Gasteiger partial charge in [0.2, 0.25) is 0 Å². The Kier molecular flexibility index (Phi) is 4.31. The molecule has 1 fully saturated rings. The largest absolute Gasteiger partial charge is 0.484 e. The van der Waals surface area contributed by atoms with Crippen LogP contribution in [-0.2, 0) is 6.54 Å². The second-order valence-corrected chi connectivity index (χ2v) is 4.73. The number of hydrogen-bond acceptors (Lipinski definition) is 3. The molecule has 3 nitrogen and oxygen atoms in total. The van der Waals surface area contributed by atoms with Crippen LogP contribution in [0.5, 0.6) is 5.75 Å². The number of rotatable bonds is 4. The fourth-order valence-corrected chi connectivity index (χ4v) is 2.07. The van der Waals surface area contributed by atoms with E-state index in [0.29, 0.717) is 13.1 Å². The van der Waals surface area contributed by atoms with Crippen LogP contribution in [0, 0.1) is 0 Å². The standard InChI is InChI=1S/C13H16F3NO2/c14-13(15,16)9-19-12-3-1-10(2-4-12)7-17-6-5-11(18)8-17/h1-4,11,18H,5-9H2/t11-/m1/s1. The number of halogens is 3. The summed E-state index contributed by atoms with van der Waals surface area (Å²) in [5.74, 6) is 0.211. The lowest BCUT2D eigenvalue weighted by molar-refractivity contribution is -0.153.